The molecule has 3 rings (SSSR count). The number of hydrogen-bond acceptors (Lipinski definition) is 4. The molecule has 0 spiro atoms. The fraction of sp³-hybridized carbons (Fsp3) is 0.375. The van der Waals surface area contributed by atoms with Crippen LogP contribution in [-0.2, 0) is 14.6 Å². The molecule has 1 fully saturated rings. The highest BCUT2D eigenvalue weighted by molar-refractivity contribution is 7.90. The van der Waals surface area contributed by atoms with Crippen molar-refractivity contribution in [3.05, 3.63) is 39.4 Å². The molecule has 2 atom stereocenters. The van der Waals surface area contributed by atoms with E-state index in [1.807, 2.05) is 0 Å². The van der Waals surface area contributed by atoms with E-state index in [0.717, 1.165) is 19.1 Å². The number of benzene rings is 1. The molecule has 4 nitrogen and oxygen atoms in total. The van der Waals surface area contributed by atoms with Crippen LogP contribution in [0, 0.1) is 11.8 Å². The summed E-state index contributed by atoms with van der Waals surface area (Å²) in [6.07, 6.45) is 3.32. The van der Waals surface area contributed by atoms with Crippen molar-refractivity contribution < 1.29 is 18.0 Å². The quantitative estimate of drug-likeness (QED) is 0.602. The van der Waals surface area contributed by atoms with Crippen molar-refractivity contribution in [2.75, 3.05) is 6.26 Å². The zero-order chi connectivity index (χ0) is 16.9. The van der Waals surface area contributed by atoms with Crippen LogP contribution in [0.15, 0.2) is 33.7 Å². The number of rotatable bonds is 3. The first-order valence-electron chi connectivity index (χ1n) is 7.18. The van der Waals surface area contributed by atoms with Gasteiger partial charge in [-0.05, 0) is 43.4 Å². The predicted molar refractivity (Wildman–Crippen MR) is 87.6 cm³/mol. The zero-order valence-electron chi connectivity index (χ0n) is 12.3. The van der Waals surface area contributed by atoms with Gasteiger partial charge in [-0.1, -0.05) is 23.2 Å². The SMILES string of the molecule is CS(=O)(=O)c1ccc(C(=O)C2=C(Cl)[C@@H]3CC[C@@H](C3)C2=O)c(Cl)c1. The second-order valence-corrected chi connectivity index (χ2v) is 8.87. The van der Waals surface area contributed by atoms with Gasteiger partial charge in [-0.3, -0.25) is 9.59 Å². The molecular formula is C16H14Cl2O4S. The third-order valence-electron chi connectivity index (χ3n) is 4.49. The molecule has 0 heterocycles. The number of Topliss-reactive ketones (excluding diaryl/α,β-unsaturated/α-hetero) is 2. The smallest absolute Gasteiger partial charge is 0.199 e. The number of fused-ring (bicyclic) bond motifs is 2. The maximum absolute atomic E-state index is 12.7. The molecule has 0 radical (unpaired) electrons. The summed E-state index contributed by atoms with van der Waals surface area (Å²) < 4.78 is 23.1. The fourth-order valence-electron chi connectivity index (χ4n) is 3.24. The molecule has 7 heteroatoms. The Kier molecular flexibility index (Phi) is 4.15. The van der Waals surface area contributed by atoms with Crippen molar-refractivity contribution in [2.24, 2.45) is 11.8 Å². The lowest BCUT2D eigenvalue weighted by Crippen LogP contribution is -2.26. The van der Waals surface area contributed by atoms with Gasteiger partial charge in [0.15, 0.2) is 21.4 Å². The van der Waals surface area contributed by atoms with Crippen molar-refractivity contribution in [1.82, 2.24) is 0 Å². The second-order valence-electron chi connectivity index (χ2n) is 6.04. The molecule has 2 aliphatic rings. The Balaban J connectivity index is 2.04. The Morgan fingerprint density at radius 2 is 1.83 bits per heavy atom. The van der Waals surface area contributed by atoms with E-state index >= 15 is 0 Å². The minimum Gasteiger partial charge on any atom is -0.294 e. The number of carbonyl (C=O) groups excluding carboxylic acids is 2. The summed E-state index contributed by atoms with van der Waals surface area (Å²) in [6.45, 7) is 0. The van der Waals surface area contributed by atoms with Crippen LogP contribution in [-0.4, -0.2) is 26.2 Å². The average molecular weight is 373 g/mol. The van der Waals surface area contributed by atoms with E-state index in [2.05, 4.69) is 0 Å². The molecule has 0 amide bonds. The first-order chi connectivity index (χ1) is 10.7. The number of sulfone groups is 1. The van der Waals surface area contributed by atoms with Crippen LogP contribution in [0.1, 0.15) is 29.6 Å². The molecule has 1 aromatic carbocycles. The standard InChI is InChI=1S/C16H14Cl2O4S/c1-23(21,22)10-4-5-11(12(17)7-10)16(20)13-14(18)8-2-3-9(6-8)15(13)19/h4-5,7-9H,2-3,6H2,1H3/t8-,9+/m1/s1. The lowest BCUT2D eigenvalue weighted by atomic mass is 9.84. The van der Waals surface area contributed by atoms with Crippen LogP contribution in [0.2, 0.25) is 5.02 Å². The van der Waals surface area contributed by atoms with Gasteiger partial charge in [0.25, 0.3) is 0 Å². The van der Waals surface area contributed by atoms with Crippen LogP contribution in [0.25, 0.3) is 0 Å². The number of allylic oxidation sites excluding steroid dienone is 2. The highest BCUT2D eigenvalue weighted by Crippen LogP contribution is 2.45. The number of halogens is 2. The normalized spacial score (nSPS) is 24.2. The molecule has 2 aliphatic carbocycles. The van der Waals surface area contributed by atoms with E-state index in [-0.39, 0.29) is 38.7 Å². The molecule has 0 saturated heterocycles. The van der Waals surface area contributed by atoms with Gasteiger partial charge < -0.3 is 0 Å². The van der Waals surface area contributed by atoms with Gasteiger partial charge in [-0.2, -0.15) is 0 Å². The van der Waals surface area contributed by atoms with Crippen LogP contribution in [0.4, 0.5) is 0 Å². The number of hydrogen-bond donors (Lipinski definition) is 0. The topological polar surface area (TPSA) is 68.3 Å². The molecule has 0 unspecified atom stereocenters. The van der Waals surface area contributed by atoms with Crippen LogP contribution < -0.4 is 0 Å². The van der Waals surface area contributed by atoms with Crippen molar-refractivity contribution in [3.8, 4) is 0 Å². The maximum Gasteiger partial charge on any atom is 0.199 e. The van der Waals surface area contributed by atoms with Gasteiger partial charge in [-0.25, -0.2) is 8.42 Å². The third kappa shape index (κ3) is 2.86. The van der Waals surface area contributed by atoms with E-state index in [1.54, 1.807) is 0 Å². The van der Waals surface area contributed by atoms with Gasteiger partial charge in [-0.15, -0.1) is 0 Å². The highest BCUT2D eigenvalue weighted by atomic mass is 35.5. The molecule has 0 aromatic heterocycles. The van der Waals surface area contributed by atoms with Crippen molar-refractivity contribution in [1.29, 1.82) is 0 Å². The summed E-state index contributed by atoms with van der Waals surface area (Å²) in [4.78, 5) is 25.2. The van der Waals surface area contributed by atoms with Gasteiger partial charge in [0, 0.05) is 22.8 Å². The van der Waals surface area contributed by atoms with E-state index in [0.29, 0.717) is 11.5 Å². The van der Waals surface area contributed by atoms with Crippen LogP contribution in [0.5, 0.6) is 0 Å². The van der Waals surface area contributed by atoms with E-state index in [4.69, 9.17) is 23.2 Å². The summed E-state index contributed by atoms with van der Waals surface area (Å²) in [5.74, 6) is -0.832. The summed E-state index contributed by atoms with van der Waals surface area (Å²) in [5, 5.41) is 0.317. The van der Waals surface area contributed by atoms with Crippen LogP contribution >= 0.6 is 23.2 Å². The van der Waals surface area contributed by atoms with Crippen LogP contribution in [0.3, 0.4) is 0 Å². The van der Waals surface area contributed by atoms with Gasteiger partial charge in [0.05, 0.1) is 15.5 Å². The Hall–Kier alpha value is -1.17. The first-order valence-corrected chi connectivity index (χ1v) is 9.83. The maximum atomic E-state index is 12.7. The van der Waals surface area contributed by atoms with E-state index in [1.165, 1.54) is 18.2 Å². The lowest BCUT2D eigenvalue weighted by Gasteiger charge is -2.21. The Morgan fingerprint density at radius 3 is 2.43 bits per heavy atom. The molecule has 1 aromatic rings. The average Bonchev–Trinajstić information content (AvgIpc) is 2.91. The number of carbonyl (C=O) groups is 2. The molecule has 0 N–H and O–H groups in total. The van der Waals surface area contributed by atoms with Crippen molar-refractivity contribution in [3.63, 3.8) is 0 Å². The number of ketones is 2. The summed E-state index contributed by atoms with van der Waals surface area (Å²) in [5.41, 5.74) is 0.112. The first kappa shape index (κ1) is 16.7. The molecule has 122 valence electrons. The third-order valence-corrected chi connectivity index (χ3v) is 6.41. The Labute approximate surface area is 144 Å². The summed E-state index contributed by atoms with van der Waals surface area (Å²) >= 11 is 12.3. The van der Waals surface area contributed by atoms with Gasteiger partial charge >= 0.3 is 0 Å². The largest absolute Gasteiger partial charge is 0.294 e. The molecule has 0 aliphatic heterocycles. The van der Waals surface area contributed by atoms with E-state index in [9.17, 15) is 18.0 Å². The molecular weight excluding hydrogens is 359 g/mol. The van der Waals surface area contributed by atoms with Gasteiger partial charge in [0.2, 0.25) is 0 Å². The molecule has 2 bridgehead atoms. The second kappa shape index (κ2) is 5.72. The van der Waals surface area contributed by atoms with Crippen molar-refractivity contribution in [2.45, 2.75) is 24.2 Å². The van der Waals surface area contributed by atoms with Gasteiger partial charge in [0.1, 0.15) is 0 Å². The van der Waals surface area contributed by atoms with E-state index < -0.39 is 15.6 Å². The fourth-order valence-corrected chi connectivity index (χ4v) is 4.60. The monoisotopic (exact) mass is 372 g/mol. The Morgan fingerprint density at radius 1 is 1.17 bits per heavy atom. The minimum absolute atomic E-state index is 0.000567. The zero-order valence-corrected chi connectivity index (χ0v) is 14.6. The predicted octanol–water partition coefficient (Wildman–Crippen LogP) is 3.42. The highest BCUT2D eigenvalue weighted by Gasteiger charge is 2.42. The molecule has 23 heavy (non-hydrogen) atoms. The minimum atomic E-state index is -3.42. The van der Waals surface area contributed by atoms with Crippen molar-refractivity contribution >= 4 is 44.6 Å². The lowest BCUT2D eigenvalue weighted by molar-refractivity contribution is -0.119. The summed E-state index contributed by atoms with van der Waals surface area (Å²) in [7, 11) is -3.42. The molecule has 1 saturated carbocycles. The Bertz CT molecular complexity index is 855. The summed E-state index contributed by atoms with van der Waals surface area (Å²) in [6, 6.07) is 3.87.